The molecule has 0 bridgehead atoms. The molecule has 1 unspecified atom stereocenters. The number of benzene rings is 1. The molecule has 9 nitrogen and oxygen atoms in total. The van der Waals surface area contributed by atoms with Crippen LogP contribution in [0.15, 0.2) is 18.2 Å². The number of amides is 2. The van der Waals surface area contributed by atoms with Crippen molar-refractivity contribution in [3.63, 3.8) is 0 Å². The maximum atomic E-state index is 12.3. The van der Waals surface area contributed by atoms with Crippen molar-refractivity contribution in [2.45, 2.75) is 18.9 Å². The van der Waals surface area contributed by atoms with Crippen molar-refractivity contribution >= 4 is 29.4 Å². The van der Waals surface area contributed by atoms with Gasteiger partial charge in [-0.05, 0) is 12.5 Å². The van der Waals surface area contributed by atoms with Crippen LogP contribution in [0, 0.1) is 10.1 Å². The molecule has 2 heterocycles. The minimum absolute atomic E-state index is 0.0136. The summed E-state index contributed by atoms with van der Waals surface area (Å²) in [6, 6.07) is 2.09. The zero-order chi connectivity index (χ0) is 16.0. The molecule has 0 spiro atoms. The molecule has 1 aromatic carbocycles. The summed E-state index contributed by atoms with van der Waals surface area (Å²) in [5.74, 6) is -3.22. The molecular formula is C13H8N2O7. The van der Waals surface area contributed by atoms with Gasteiger partial charge in [-0.1, -0.05) is 0 Å². The van der Waals surface area contributed by atoms with E-state index in [9.17, 15) is 29.3 Å². The van der Waals surface area contributed by atoms with E-state index in [0.29, 0.717) is 4.90 Å². The van der Waals surface area contributed by atoms with Gasteiger partial charge >= 0.3 is 11.9 Å². The van der Waals surface area contributed by atoms with Crippen LogP contribution in [0.1, 0.15) is 33.6 Å². The van der Waals surface area contributed by atoms with E-state index in [-0.39, 0.29) is 29.7 Å². The number of carbonyl (C=O) groups excluding carboxylic acids is 4. The standard InChI is InChI=1S/C13H8N2O7/c16-10-4-3-9(13(19)22-10)14-11(17)7-2-1-6(15(20)21)5-8(7)12(14)18/h1-2,5,9H,3-4H2. The van der Waals surface area contributed by atoms with Gasteiger partial charge in [0.25, 0.3) is 17.5 Å². The lowest BCUT2D eigenvalue weighted by Crippen LogP contribution is -2.48. The van der Waals surface area contributed by atoms with Crippen molar-refractivity contribution < 1.29 is 28.8 Å². The quantitative estimate of drug-likeness (QED) is 0.255. The minimum atomic E-state index is -1.19. The molecule has 1 saturated heterocycles. The summed E-state index contributed by atoms with van der Waals surface area (Å²) in [5, 5.41) is 10.7. The summed E-state index contributed by atoms with van der Waals surface area (Å²) in [5.41, 5.74) is -0.479. The van der Waals surface area contributed by atoms with E-state index in [4.69, 9.17) is 0 Å². The van der Waals surface area contributed by atoms with Crippen molar-refractivity contribution in [3.05, 3.63) is 39.4 Å². The average Bonchev–Trinajstić information content (AvgIpc) is 2.71. The molecule has 3 rings (SSSR count). The molecule has 2 amide bonds. The molecule has 2 aliphatic heterocycles. The number of hydrogen-bond acceptors (Lipinski definition) is 7. The first-order valence-electron chi connectivity index (χ1n) is 6.31. The van der Waals surface area contributed by atoms with Crippen molar-refractivity contribution in [3.8, 4) is 0 Å². The van der Waals surface area contributed by atoms with Gasteiger partial charge in [0.15, 0.2) is 0 Å². The maximum Gasteiger partial charge on any atom is 0.337 e. The highest BCUT2D eigenvalue weighted by molar-refractivity contribution is 6.23. The minimum Gasteiger partial charge on any atom is -0.392 e. The van der Waals surface area contributed by atoms with E-state index in [1.807, 2.05) is 0 Å². The molecule has 1 atom stereocenters. The number of ether oxygens (including phenoxy) is 1. The number of nitro benzene ring substituents is 1. The van der Waals surface area contributed by atoms with Gasteiger partial charge in [-0.3, -0.25) is 29.4 Å². The molecule has 1 aromatic rings. The van der Waals surface area contributed by atoms with Gasteiger partial charge in [0.1, 0.15) is 6.04 Å². The SMILES string of the molecule is O=C1CCC(N2C(=O)c3ccc([N+](=O)[O-])cc3C2=O)C(=O)O1. The summed E-state index contributed by atoms with van der Waals surface area (Å²) < 4.78 is 4.44. The third-order valence-corrected chi connectivity index (χ3v) is 3.53. The second kappa shape index (κ2) is 4.72. The highest BCUT2D eigenvalue weighted by atomic mass is 16.6. The summed E-state index contributed by atoms with van der Waals surface area (Å²) in [7, 11) is 0. The maximum absolute atomic E-state index is 12.3. The van der Waals surface area contributed by atoms with Crippen LogP contribution in [0.4, 0.5) is 5.69 Å². The molecule has 0 aromatic heterocycles. The Morgan fingerprint density at radius 3 is 2.45 bits per heavy atom. The Hall–Kier alpha value is -3.10. The number of esters is 2. The van der Waals surface area contributed by atoms with Crippen LogP contribution < -0.4 is 0 Å². The number of hydrogen-bond donors (Lipinski definition) is 0. The molecule has 0 radical (unpaired) electrons. The van der Waals surface area contributed by atoms with Crippen molar-refractivity contribution in [1.82, 2.24) is 4.90 Å². The lowest BCUT2D eigenvalue weighted by atomic mass is 10.1. The van der Waals surface area contributed by atoms with Crippen LogP contribution >= 0.6 is 0 Å². The molecule has 112 valence electrons. The van der Waals surface area contributed by atoms with E-state index in [1.54, 1.807) is 0 Å². The Bertz CT molecular complexity index is 755. The summed E-state index contributed by atoms with van der Waals surface area (Å²) in [6.07, 6.45) is -0.116. The van der Waals surface area contributed by atoms with Gasteiger partial charge in [0.05, 0.1) is 16.1 Å². The number of fused-ring (bicyclic) bond motifs is 1. The van der Waals surface area contributed by atoms with E-state index < -0.39 is 34.7 Å². The Kier molecular flexibility index (Phi) is 2.98. The van der Waals surface area contributed by atoms with Gasteiger partial charge in [-0.25, -0.2) is 4.79 Å². The number of rotatable bonds is 2. The molecular weight excluding hydrogens is 296 g/mol. The van der Waals surface area contributed by atoms with Crippen LogP contribution in [0.2, 0.25) is 0 Å². The smallest absolute Gasteiger partial charge is 0.337 e. The van der Waals surface area contributed by atoms with Crippen molar-refractivity contribution in [1.29, 1.82) is 0 Å². The van der Waals surface area contributed by atoms with Gasteiger partial charge in [0, 0.05) is 18.6 Å². The van der Waals surface area contributed by atoms with Crippen LogP contribution in [0.5, 0.6) is 0 Å². The Balaban J connectivity index is 1.98. The van der Waals surface area contributed by atoms with E-state index in [0.717, 1.165) is 12.1 Å². The lowest BCUT2D eigenvalue weighted by Gasteiger charge is -2.26. The van der Waals surface area contributed by atoms with Gasteiger partial charge in [-0.15, -0.1) is 0 Å². The molecule has 0 N–H and O–H groups in total. The lowest BCUT2D eigenvalue weighted by molar-refractivity contribution is -0.384. The predicted molar refractivity (Wildman–Crippen MR) is 67.7 cm³/mol. The number of nitrogens with zero attached hydrogens (tertiary/aromatic N) is 2. The number of nitro groups is 1. The fourth-order valence-corrected chi connectivity index (χ4v) is 2.48. The largest absolute Gasteiger partial charge is 0.392 e. The number of cyclic esters (lactones) is 2. The zero-order valence-corrected chi connectivity index (χ0v) is 11.0. The van der Waals surface area contributed by atoms with Crippen LogP contribution in [0.25, 0.3) is 0 Å². The monoisotopic (exact) mass is 304 g/mol. The highest BCUT2D eigenvalue weighted by Crippen LogP contribution is 2.30. The van der Waals surface area contributed by atoms with Crippen molar-refractivity contribution in [2.24, 2.45) is 0 Å². The Morgan fingerprint density at radius 1 is 1.14 bits per heavy atom. The highest BCUT2D eigenvalue weighted by Gasteiger charge is 2.46. The first-order valence-corrected chi connectivity index (χ1v) is 6.31. The molecule has 9 heteroatoms. The fourth-order valence-electron chi connectivity index (χ4n) is 2.48. The van der Waals surface area contributed by atoms with Crippen LogP contribution in [0.3, 0.4) is 0 Å². The molecule has 22 heavy (non-hydrogen) atoms. The Labute approximate surface area is 122 Å². The Morgan fingerprint density at radius 2 is 1.82 bits per heavy atom. The molecule has 0 aliphatic carbocycles. The van der Waals surface area contributed by atoms with Gasteiger partial charge in [-0.2, -0.15) is 0 Å². The van der Waals surface area contributed by atoms with Crippen LogP contribution in [-0.2, 0) is 14.3 Å². The fraction of sp³-hybridized carbons (Fsp3) is 0.231. The topological polar surface area (TPSA) is 124 Å². The third kappa shape index (κ3) is 1.94. The van der Waals surface area contributed by atoms with E-state index >= 15 is 0 Å². The average molecular weight is 304 g/mol. The normalized spacial score (nSPS) is 20.9. The molecule has 2 aliphatic rings. The van der Waals surface area contributed by atoms with Gasteiger partial charge in [0.2, 0.25) is 0 Å². The summed E-state index contributed by atoms with van der Waals surface area (Å²) in [6.45, 7) is 0. The summed E-state index contributed by atoms with van der Waals surface area (Å²) in [4.78, 5) is 58.1. The molecule has 0 saturated carbocycles. The third-order valence-electron chi connectivity index (χ3n) is 3.53. The second-order valence-corrected chi connectivity index (χ2v) is 4.81. The number of non-ortho nitro benzene ring substituents is 1. The van der Waals surface area contributed by atoms with E-state index in [1.165, 1.54) is 6.07 Å². The molecule has 1 fully saturated rings. The predicted octanol–water partition coefficient (Wildman–Crippen LogP) is 0.423. The first kappa shape index (κ1) is 13.9. The second-order valence-electron chi connectivity index (χ2n) is 4.81. The summed E-state index contributed by atoms with van der Waals surface area (Å²) >= 11 is 0. The van der Waals surface area contributed by atoms with Crippen LogP contribution in [-0.4, -0.2) is 39.6 Å². The number of carbonyl (C=O) groups is 4. The first-order chi connectivity index (χ1) is 10.4. The number of imide groups is 1. The zero-order valence-electron chi connectivity index (χ0n) is 11.0. The van der Waals surface area contributed by atoms with Crippen molar-refractivity contribution in [2.75, 3.05) is 0 Å². The van der Waals surface area contributed by atoms with E-state index in [2.05, 4.69) is 4.74 Å². The van der Waals surface area contributed by atoms with Gasteiger partial charge < -0.3 is 4.74 Å².